The van der Waals surface area contributed by atoms with Crippen LogP contribution in [0.5, 0.6) is 0 Å². The highest BCUT2D eigenvalue weighted by atomic mass is 127. The molecule has 0 aliphatic carbocycles. The summed E-state index contributed by atoms with van der Waals surface area (Å²) in [6, 6.07) is 18.0. The molecule has 0 unspecified atom stereocenters. The van der Waals surface area contributed by atoms with Crippen molar-refractivity contribution in [2.24, 2.45) is 0 Å². The number of rotatable bonds is 4. The Morgan fingerprint density at radius 1 is 1.04 bits per heavy atom. The number of ether oxygens (including phenoxy) is 1. The van der Waals surface area contributed by atoms with Crippen LogP contribution in [0.15, 0.2) is 60.0 Å². The van der Waals surface area contributed by atoms with E-state index in [0.717, 1.165) is 35.0 Å². The summed E-state index contributed by atoms with van der Waals surface area (Å²) in [4.78, 5) is 21.1. The highest BCUT2D eigenvalue weighted by molar-refractivity contribution is 14.1. The highest BCUT2D eigenvalue weighted by Crippen LogP contribution is 2.30. The molecule has 1 fully saturated rings. The number of amides is 1. The number of aromatic nitrogens is 1. The SMILES string of the molecule is O=C(OCc1ccccc1)N1CCN(c2nc(-c3ccccc3I)cs2)CC1. The second-order valence-electron chi connectivity index (χ2n) is 6.51. The molecule has 5 nitrogen and oxygen atoms in total. The molecule has 144 valence electrons. The van der Waals surface area contributed by atoms with Crippen molar-refractivity contribution in [3.63, 3.8) is 0 Å². The van der Waals surface area contributed by atoms with Crippen LogP contribution in [0.25, 0.3) is 11.3 Å². The van der Waals surface area contributed by atoms with Crippen LogP contribution in [0.4, 0.5) is 9.93 Å². The molecule has 0 spiro atoms. The molecule has 7 heteroatoms. The summed E-state index contributed by atoms with van der Waals surface area (Å²) in [6.07, 6.45) is -0.248. The van der Waals surface area contributed by atoms with Crippen LogP contribution in [-0.2, 0) is 11.3 Å². The van der Waals surface area contributed by atoms with Crippen LogP contribution in [0, 0.1) is 3.57 Å². The predicted octanol–water partition coefficient (Wildman–Crippen LogP) is 4.87. The molecule has 0 bridgehead atoms. The number of anilines is 1. The Bertz CT molecular complexity index is 940. The van der Waals surface area contributed by atoms with E-state index in [9.17, 15) is 4.79 Å². The highest BCUT2D eigenvalue weighted by Gasteiger charge is 2.24. The van der Waals surface area contributed by atoms with E-state index >= 15 is 0 Å². The van der Waals surface area contributed by atoms with Gasteiger partial charge in [-0.05, 0) is 34.2 Å². The molecule has 0 N–H and O–H groups in total. The number of carbonyl (C=O) groups is 1. The number of halogens is 1. The molecule has 1 aliphatic rings. The lowest BCUT2D eigenvalue weighted by molar-refractivity contribution is 0.0942. The zero-order valence-electron chi connectivity index (χ0n) is 15.3. The minimum atomic E-state index is -0.248. The van der Waals surface area contributed by atoms with Gasteiger partial charge in [0.05, 0.1) is 5.69 Å². The fraction of sp³-hybridized carbons (Fsp3) is 0.238. The molecule has 2 aromatic carbocycles. The van der Waals surface area contributed by atoms with E-state index in [4.69, 9.17) is 9.72 Å². The lowest BCUT2D eigenvalue weighted by Crippen LogP contribution is -2.48. The van der Waals surface area contributed by atoms with Crippen molar-refractivity contribution in [3.05, 3.63) is 69.1 Å². The van der Waals surface area contributed by atoms with Crippen LogP contribution < -0.4 is 4.90 Å². The Hall–Kier alpha value is -2.13. The molecule has 0 saturated carbocycles. The lowest BCUT2D eigenvalue weighted by Gasteiger charge is -2.33. The quantitative estimate of drug-likeness (QED) is 0.475. The van der Waals surface area contributed by atoms with Gasteiger partial charge in [-0.3, -0.25) is 0 Å². The van der Waals surface area contributed by atoms with E-state index < -0.39 is 0 Å². The van der Waals surface area contributed by atoms with Crippen LogP contribution >= 0.6 is 33.9 Å². The number of carbonyl (C=O) groups excluding carboxylic acids is 1. The van der Waals surface area contributed by atoms with Gasteiger partial charge >= 0.3 is 6.09 Å². The zero-order valence-corrected chi connectivity index (χ0v) is 18.2. The minimum Gasteiger partial charge on any atom is -0.445 e. The van der Waals surface area contributed by atoms with Gasteiger partial charge in [0.1, 0.15) is 6.61 Å². The molecule has 2 heterocycles. The average molecular weight is 505 g/mol. The average Bonchev–Trinajstić information content (AvgIpc) is 3.23. The fourth-order valence-corrected chi connectivity index (χ4v) is 4.64. The topological polar surface area (TPSA) is 45.7 Å². The van der Waals surface area contributed by atoms with Gasteiger partial charge in [-0.1, -0.05) is 48.5 Å². The molecule has 1 saturated heterocycles. The molecule has 1 aliphatic heterocycles. The first-order valence-corrected chi connectivity index (χ1v) is 11.1. The van der Waals surface area contributed by atoms with E-state index in [0.29, 0.717) is 19.7 Å². The smallest absolute Gasteiger partial charge is 0.410 e. The van der Waals surface area contributed by atoms with Crippen molar-refractivity contribution in [1.29, 1.82) is 0 Å². The Kier molecular flexibility index (Phi) is 6.11. The lowest BCUT2D eigenvalue weighted by atomic mass is 10.2. The van der Waals surface area contributed by atoms with E-state index in [1.165, 1.54) is 3.57 Å². The zero-order chi connectivity index (χ0) is 19.3. The Balaban J connectivity index is 1.32. The number of thiazole rings is 1. The summed E-state index contributed by atoms with van der Waals surface area (Å²) in [6.45, 7) is 3.13. The molecular formula is C21H20IN3O2S. The van der Waals surface area contributed by atoms with Crippen molar-refractivity contribution in [2.45, 2.75) is 6.61 Å². The second kappa shape index (κ2) is 8.91. The normalized spacial score (nSPS) is 14.2. The summed E-state index contributed by atoms with van der Waals surface area (Å²) in [5.74, 6) is 0. The Morgan fingerprint density at radius 2 is 1.75 bits per heavy atom. The summed E-state index contributed by atoms with van der Waals surface area (Å²) < 4.78 is 6.64. The van der Waals surface area contributed by atoms with Gasteiger partial charge in [0.15, 0.2) is 5.13 Å². The number of benzene rings is 2. The third-order valence-electron chi connectivity index (χ3n) is 4.66. The van der Waals surface area contributed by atoms with E-state index in [-0.39, 0.29) is 6.09 Å². The summed E-state index contributed by atoms with van der Waals surface area (Å²) >= 11 is 4.00. The monoisotopic (exact) mass is 505 g/mol. The van der Waals surface area contributed by atoms with Crippen LogP contribution in [0.3, 0.4) is 0 Å². The number of hydrogen-bond donors (Lipinski definition) is 0. The van der Waals surface area contributed by atoms with Crippen LogP contribution in [-0.4, -0.2) is 42.2 Å². The van der Waals surface area contributed by atoms with E-state index in [1.54, 1.807) is 16.2 Å². The predicted molar refractivity (Wildman–Crippen MR) is 121 cm³/mol. The maximum atomic E-state index is 12.3. The van der Waals surface area contributed by atoms with Gasteiger partial charge in [-0.2, -0.15) is 0 Å². The van der Waals surface area contributed by atoms with Crippen LogP contribution in [0.1, 0.15) is 5.56 Å². The molecule has 28 heavy (non-hydrogen) atoms. The van der Waals surface area contributed by atoms with Crippen molar-refractivity contribution in [3.8, 4) is 11.3 Å². The van der Waals surface area contributed by atoms with Crippen LogP contribution in [0.2, 0.25) is 0 Å². The number of piperazine rings is 1. The first-order chi connectivity index (χ1) is 13.7. The van der Waals surface area contributed by atoms with Gasteiger partial charge < -0.3 is 14.5 Å². The van der Waals surface area contributed by atoms with Gasteiger partial charge in [0.25, 0.3) is 0 Å². The van der Waals surface area contributed by atoms with Gasteiger partial charge in [-0.25, -0.2) is 9.78 Å². The molecule has 1 amide bonds. The number of nitrogens with zero attached hydrogens (tertiary/aromatic N) is 3. The van der Waals surface area contributed by atoms with Gasteiger partial charge in [-0.15, -0.1) is 11.3 Å². The first-order valence-electron chi connectivity index (χ1n) is 9.12. The molecule has 3 aromatic rings. The molecule has 4 rings (SSSR count). The largest absolute Gasteiger partial charge is 0.445 e. The van der Waals surface area contributed by atoms with Crippen molar-refractivity contribution in [2.75, 3.05) is 31.1 Å². The fourth-order valence-electron chi connectivity index (χ4n) is 3.09. The number of hydrogen-bond acceptors (Lipinski definition) is 5. The summed E-state index contributed by atoms with van der Waals surface area (Å²) in [5.41, 5.74) is 3.17. The van der Waals surface area contributed by atoms with E-state index in [1.807, 2.05) is 42.5 Å². The second-order valence-corrected chi connectivity index (χ2v) is 8.51. The maximum Gasteiger partial charge on any atom is 0.410 e. The summed E-state index contributed by atoms with van der Waals surface area (Å²) in [5, 5.41) is 3.11. The van der Waals surface area contributed by atoms with Crippen molar-refractivity contribution in [1.82, 2.24) is 9.88 Å². The molecular weight excluding hydrogens is 485 g/mol. The van der Waals surface area contributed by atoms with E-state index in [2.05, 4.69) is 45.0 Å². The Morgan fingerprint density at radius 3 is 2.50 bits per heavy atom. The first kappa shape index (κ1) is 19.2. The maximum absolute atomic E-state index is 12.3. The third kappa shape index (κ3) is 4.47. The van der Waals surface area contributed by atoms with Gasteiger partial charge in [0.2, 0.25) is 0 Å². The minimum absolute atomic E-state index is 0.248. The van der Waals surface area contributed by atoms with Crippen molar-refractivity contribution < 1.29 is 9.53 Å². The Labute approximate surface area is 182 Å². The molecule has 0 radical (unpaired) electrons. The molecule has 1 aromatic heterocycles. The molecule has 0 atom stereocenters. The standard InChI is InChI=1S/C21H20IN3O2S/c22-18-9-5-4-8-17(18)19-15-28-20(23-19)24-10-12-25(13-11-24)21(26)27-14-16-6-2-1-3-7-16/h1-9,15H,10-14H2. The van der Waals surface area contributed by atoms with Gasteiger partial charge in [0, 0.05) is 40.7 Å². The summed E-state index contributed by atoms with van der Waals surface area (Å²) in [7, 11) is 0. The third-order valence-corrected chi connectivity index (χ3v) is 6.50. The van der Waals surface area contributed by atoms with Crippen molar-refractivity contribution >= 4 is 45.2 Å².